The van der Waals surface area contributed by atoms with Crippen molar-refractivity contribution in [2.75, 3.05) is 17.2 Å². The van der Waals surface area contributed by atoms with Crippen LogP contribution in [0.2, 0.25) is 0 Å². The Morgan fingerprint density at radius 3 is 2.43 bits per heavy atom. The molecule has 0 spiro atoms. The molecule has 0 aliphatic carbocycles. The van der Waals surface area contributed by atoms with E-state index < -0.39 is 17.7 Å². The van der Waals surface area contributed by atoms with Crippen molar-refractivity contribution in [3.05, 3.63) is 41.6 Å². The monoisotopic (exact) mass is 326 g/mol. The number of alkyl halides is 3. The topological polar surface area (TPSA) is 87.1 Å². The van der Waals surface area contributed by atoms with Gasteiger partial charge in [0.1, 0.15) is 11.4 Å². The van der Waals surface area contributed by atoms with Gasteiger partial charge in [-0.25, -0.2) is 9.78 Å². The molecule has 1 heterocycles. The predicted molar refractivity (Wildman–Crippen MR) is 77.9 cm³/mol. The third kappa shape index (κ3) is 4.09. The normalized spacial score (nSPS) is 11.1. The number of nitrogens with zero attached hydrogens (tertiary/aromatic N) is 2. The van der Waals surface area contributed by atoms with Crippen LogP contribution >= 0.6 is 0 Å². The van der Waals surface area contributed by atoms with Crippen LogP contribution in [0, 0.1) is 0 Å². The summed E-state index contributed by atoms with van der Waals surface area (Å²) in [6.07, 6.45) is -3.86. The summed E-state index contributed by atoms with van der Waals surface area (Å²) in [4.78, 5) is 18.2. The molecule has 0 aliphatic rings. The molecule has 6 nitrogen and oxygen atoms in total. The Hall–Kier alpha value is -2.84. The molecule has 0 saturated carbocycles. The van der Waals surface area contributed by atoms with Gasteiger partial charge in [0.2, 0.25) is 5.95 Å². The second-order valence-corrected chi connectivity index (χ2v) is 4.49. The Kier molecular flexibility index (Phi) is 4.68. The second-order valence-electron chi connectivity index (χ2n) is 4.49. The van der Waals surface area contributed by atoms with Crippen LogP contribution in [0.25, 0.3) is 0 Å². The number of anilines is 3. The quantitative estimate of drug-likeness (QED) is 0.781. The average molecular weight is 326 g/mol. The van der Waals surface area contributed by atoms with Crippen molar-refractivity contribution in [2.24, 2.45) is 0 Å². The van der Waals surface area contributed by atoms with Gasteiger partial charge in [0.25, 0.3) is 0 Å². The molecule has 1 aromatic carbocycles. The zero-order valence-electron chi connectivity index (χ0n) is 12.0. The fourth-order valence-electron chi connectivity index (χ4n) is 1.78. The number of aromatic nitrogens is 2. The molecular weight excluding hydrogens is 313 g/mol. The first kappa shape index (κ1) is 16.5. The number of nitrogens with one attached hydrogen (secondary N) is 2. The molecular formula is C14H13F3N4O2. The van der Waals surface area contributed by atoms with E-state index in [0.717, 1.165) is 0 Å². The van der Waals surface area contributed by atoms with Crippen LogP contribution in [0.4, 0.5) is 30.6 Å². The maximum atomic E-state index is 12.9. The third-order valence-corrected chi connectivity index (χ3v) is 2.83. The molecule has 0 bridgehead atoms. The summed E-state index contributed by atoms with van der Waals surface area (Å²) < 4.78 is 38.6. The number of benzene rings is 1. The Labute approximate surface area is 129 Å². The van der Waals surface area contributed by atoms with Crippen LogP contribution in [0.3, 0.4) is 0 Å². The van der Waals surface area contributed by atoms with Gasteiger partial charge in [-0.05, 0) is 31.2 Å². The lowest BCUT2D eigenvalue weighted by Crippen LogP contribution is -2.14. The average Bonchev–Trinajstić information content (AvgIpc) is 2.47. The molecule has 0 atom stereocenters. The number of hydrogen-bond acceptors (Lipinski definition) is 5. The smallest absolute Gasteiger partial charge is 0.421 e. The van der Waals surface area contributed by atoms with Crippen molar-refractivity contribution in [1.29, 1.82) is 0 Å². The van der Waals surface area contributed by atoms with E-state index in [1.165, 1.54) is 24.3 Å². The molecule has 0 unspecified atom stereocenters. The number of aromatic carboxylic acids is 1. The van der Waals surface area contributed by atoms with Crippen molar-refractivity contribution in [3.8, 4) is 0 Å². The molecule has 1 aromatic heterocycles. The molecule has 0 radical (unpaired) electrons. The van der Waals surface area contributed by atoms with Crippen LogP contribution in [0.15, 0.2) is 30.5 Å². The van der Waals surface area contributed by atoms with Gasteiger partial charge in [0.15, 0.2) is 0 Å². The molecule has 3 N–H and O–H groups in total. The van der Waals surface area contributed by atoms with E-state index in [-0.39, 0.29) is 23.9 Å². The fourth-order valence-corrected chi connectivity index (χ4v) is 1.78. The van der Waals surface area contributed by atoms with Crippen molar-refractivity contribution >= 4 is 23.4 Å². The highest BCUT2D eigenvalue weighted by Crippen LogP contribution is 2.33. The van der Waals surface area contributed by atoms with Crippen molar-refractivity contribution < 1.29 is 23.1 Å². The molecule has 0 aliphatic heterocycles. The standard InChI is InChI=1S/C14H13F3N4O2/c1-2-18-11-10(14(15,16)17)7-19-13(21-11)20-9-5-3-8(4-6-9)12(22)23/h3-7H,2H2,1H3,(H,22,23)(H2,18,19,20,21). The van der Waals surface area contributed by atoms with Gasteiger partial charge in [-0.2, -0.15) is 18.2 Å². The van der Waals surface area contributed by atoms with E-state index in [1.807, 2.05) is 0 Å². The number of carboxylic acids is 1. The van der Waals surface area contributed by atoms with Crippen LogP contribution < -0.4 is 10.6 Å². The molecule has 0 saturated heterocycles. The number of carboxylic acid groups (broad SMARTS) is 1. The summed E-state index contributed by atoms with van der Waals surface area (Å²) in [6.45, 7) is 1.92. The maximum Gasteiger partial charge on any atom is 0.421 e. The number of carbonyl (C=O) groups is 1. The van der Waals surface area contributed by atoms with E-state index in [1.54, 1.807) is 6.92 Å². The highest BCUT2D eigenvalue weighted by molar-refractivity contribution is 5.88. The molecule has 2 rings (SSSR count). The lowest BCUT2D eigenvalue weighted by Gasteiger charge is -2.14. The first-order chi connectivity index (χ1) is 10.8. The summed E-state index contributed by atoms with van der Waals surface area (Å²) in [5.74, 6) is -1.42. The Bertz CT molecular complexity index is 702. The lowest BCUT2D eigenvalue weighted by molar-refractivity contribution is -0.137. The highest BCUT2D eigenvalue weighted by atomic mass is 19.4. The Balaban J connectivity index is 2.26. The van der Waals surface area contributed by atoms with Crippen LogP contribution in [-0.2, 0) is 6.18 Å². The number of halogens is 3. The van der Waals surface area contributed by atoms with Gasteiger partial charge in [0, 0.05) is 18.4 Å². The van der Waals surface area contributed by atoms with Crippen molar-refractivity contribution in [3.63, 3.8) is 0 Å². The van der Waals surface area contributed by atoms with Gasteiger partial charge >= 0.3 is 12.1 Å². The minimum atomic E-state index is -4.56. The summed E-state index contributed by atoms with van der Waals surface area (Å²) >= 11 is 0. The first-order valence-electron chi connectivity index (χ1n) is 6.59. The third-order valence-electron chi connectivity index (χ3n) is 2.83. The molecule has 0 fully saturated rings. The van der Waals surface area contributed by atoms with Gasteiger partial charge in [-0.1, -0.05) is 0 Å². The van der Waals surface area contributed by atoms with E-state index in [2.05, 4.69) is 20.6 Å². The zero-order valence-corrected chi connectivity index (χ0v) is 12.0. The van der Waals surface area contributed by atoms with E-state index in [4.69, 9.17) is 5.11 Å². The van der Waals surface area contributed by atoms with Crippen molar-refractivity contribution in [2.45, 2.75) is 13.1 Å². The number of rotatable bonds is 5. The molecule has 0 amide bonds. The van der Waals surface area contributed by atoms with Gasteiger partial charge in [-0.3, -0.25) is 0 Å². The van der Waals surface area contributed by atoms with Gasteiger partial charge in [0.05, 0.1) is 5.56 Å². The maximum absolute atomic E-state index is 12.9. The van der Waals surface area contributed by atoms with Crippen LogP contribution in [0.1, 0.15) is 22.8 Å². The Morgan fingerprint density at radius 1 is 1.26 bits per heavy atom. The first-order valence-corrected chi connectivity index (χ1v) is 6.59. The summed E-state index contributed by atoms with van der Waals surface area (Å²) in [6, 6.07) is 5.66. The van der Waals surface area contributed by atoms with Crippen LogP contribution in [0.5, 0.6) is 0 Å². The molecule has 9 heteroatoms. The summed E-state index contributed by atoms with van der Waals surface area (Å²) in [5.41, 5.74) is -0.402. The molecule has 122 valence electrons. The SMILES string of the molecule is CCNc1nc(Nc2ccc(C(=O)O)cc2)ncc1C(F)(F)F. The summed E-state index contributed by atoms with van der Waals surface area (Å²) in [7, 11) is 0. The largest absolute Gasteiger partial charge is 0.478 e. The van der Waals surface area contributed by atoms with Gasteiger partial charge in [-0.15, -0.1) is 0 Å². The van der Waals surface area contributed by atoms with E-state index >= 15 is 0 Å². The van der Waals surface area contributed by atoms with E-state index in [0.29, 0.717) is 11.9 Å². The van der Waals surface area contributed by atoms with E-state index in [9.17, 15) is 18.0 Å². The van der Waals surface area contributed by atoms with Gasteiger partial charge < -0.3 is 15.7 Å². The Morgan fingerprint density at radius 2 is 1.91 bits per heavy atom. The zero-order chi connectivity index (χ0) is 17.0. The lowest BCUT2D eigenvalue weighted by atomic mass is 10.2. The van der Waals surface area contributed by atoms with Crippen molar-refractivity contribution in [1.82, 2.24) is 9.97 Å². The van der Waals surface area contributed by atoms with Crippen LogP contribution in [-0.4, -0.2) is 27.6 Å². The fraction of sp³-hybridized carbons (Fsp3) is 0.214. The minimum absolute atomic E-state index is 0.0305. The molecule has 2 aromatic rings. The number of hydrogen-bond donors (Lipinski definition) is 3. The predicted octanol–water partition coefficient (Wildman–Crippen LogP) is 3.37. The molecule has 23 heavy (non-hydrogen) atoms. The minimum Gasteiger partial charge on any atom is -0.478 e. The summed E-state index contributed by atoms with van der Waals surface area (Å²) in [5, 5.41) is 14.1. The second kappa shape index (κ2) is 6.51. The highest BCUT2D eigenvalue weighted by Gasteiger charge is 2.35.